The number of alkyl halides is 1. The molecule has 0 N–H and O–H groups in total. The molecular formula is C11H22BrNO. The van der Waals surface area contributed by atoms with Gasteiger partial charge >= 0.3 is 0 Å². The zero-order valence-electron chi connectivity index (χ0n) is 9.55. The van der Waals surface area contributed by atoms with Gasteiger partial charge in [-0.15, -0.1) is 0 Å². The Labute approximate surface area is 96.2 Å². The summed E-state index contributed by atoms with van der Waals surface area (Å²) in [6, 6.07) is 0. The number of carbonyl (C=O) groups excluding carboxylic acids is 1. The van der Waals surface area contributed by atoms with Crippen molar-refractivity contribution >= 4 is 21.8 Å². The molecule has 0 aromatic heterocycles. The molecule has 0 aromatic carbocycles. The Kier molecular flexibility index (Phi) is 8.24. The van der Waals surface area contributed by atoms with Crippen molar-refractivity contribution in [3.63, 3.8) is 0 Å². The van der Waals surface area contributed by atoms with E-state index >= 15 is 0 Å². The first-order valence-corrected chi connectivity index (χ1v) is 6.50. The van der Waals surface area contributed by atoms with Crippen LogP contribution in [0.5, 0.6) is 0 Å². The second kappa shape index (κ2) is 8.27. The highest BCUT2D eigenvalue weighted by molar-refractivity contribution is 9.09. The van der Waals surface area contributed by atoms with E-state index in [4.69, 9.17) is 0 Å². The predicted octanol–water partition coefficient (Wildman–Crippen LogP) is 3.06. The van der Waals surface area contributed by atoms with E-state index in [9.17, 15) is 4.79 Å². The molecule has 0 aliphatic rings. The van der Waals surface area contributed by atoms with Crippen LogP contribution in [-0.4, -0.2) is 29.7 Å². The number of nitrogens with zero attached hydrogens (tertiary/aromatic N) is 1. The molecular weight excluding hydrogens is 242 g/mol. The van der Waals surface area contributed by atoms with Crippen LogP contribution in [0.25, 0.3) is 0 Å². The minimum Gasteiger partial charge on any atom is -0.346 e. The fraction of sp³-hybridized carbons (Fsp3) is 0.909. The fourth-order valence-corrected chi connectivity index (χ4v) is 1.65. The average molecular weight is 264 g/mol. The number of carbonyl (C=O) groups is 1. The van der Waals surface area contributed by atoms with Gasteiger partial charge < -0.3 is 4.90 Å². The average Bonchev–Trinajstić information content (AvgIpc) is 2.11. The van der Waals surface area contributed by atoms with Crippen molar-refractivity contribution < 1.29 is 4.79 Å². The molecule has 0 aromatic rings. The van der Waals surface area contributed by atoms with Crippen molar-refractivity contribution in [2.45, 2.75) is 39.5 Å². The third kappa shape index (κ3) is 7.36. The van der Waals surface area contributed by atoms with Crippen LogP contribution >= 0.6 is 15.9 Å². The van der Waals surface area contributed by atoms with Crippen molar-refractivity contribution in [1.82, 2.24) is 4.90 Å². The molecule has 0 saturated heterocycles. The van der Waals surface area contributed by atoms with E-state index in [0.29, 0.717) is 12.3 Å². The van der Waals surface area contributed by atoms with Gasteiger partial charge in [0.1, 0.15) is 0 Å². The summed E-state index contributed by atoms with van der Waals surface area (Å²) >= 11 is 3.40. The van der Waals surface area contributed by atoms with Gasteiger partial charge in [0, 0.05) is 25.3 Å². The lowest BCUT2D eigenvalue weighted by Gasteiger charge is -2.18. The predicted molar refractivity (Wildman–Crippen MR) is 64.7 cm³/mol. The SMILES string of the molecule is CC(C)CC(=O)N(C)CCCCCBr. The summed E-state index contributed by atoms with van der Waals surface area (Å²) in [5.41, 5.74) is 0. The maximum absolute atomic E-state index is 11.5. The number of halogens is 1. The third-order valence-electron chi connectivity index (χ3n) is 2.14. The summed E-state index contributed by atoms with van der Waals surface area (Å²) in [7, 11) is 1.90. The van der Waals surface area contributed by atoms with Crippen LogP contribution in [0.15, 0.2) is 0 Å². The van der Waals surface area contributed by atoms with Gasteiger partial charge in [-0.2, -0.15) is 0 Å². The molecule has 0 aliphatic heterocycles. The molecule has 3 heteroatoms. The van der Waals surface area contributed by atoms with Crippen LogP contribution in [0.3, 0.4) is 0 Å². The molecule has 0 radical (unpaired) electrons. The number of hydrogen-bond acceptors (Lipinski definition) is 1. The molecule has 0 atom stereocenters. The Morgan fingerprint density at radius 1 is 1.29 bits per heavy atom. The van der Waals surface area contributed by atoms with Gasteiger partial charge in [-0.1, -0.05) is 36.2 Å². The van der Waals surface area contributed by atoms with E-state index in [1.54, 1.807) is 0 Å². The van der Waals surface area contributed by atoms with Gasteiger partial charge in [-0.25, -0.2) is 0 Å². The van der Waals surface area contributed by atoms with Crippen molar-refractivity contribution in [2.75, 3.05) is 18.9 Å². The summed E-state index contributed by atoms with van der Waals surface area (Å²) in [6.07, 6.45) is 4.19. The third-order valence-corrected chi connectivity index (χ3v) is 2.70. The standard InChI is InChI=1S/C11H22BrNO/c1-10(2)9-11(14)13(3)8-6-4-5-7-12/h10H,4-9H2,1-3H3. The van der Waals surface area contributed by atoms with Crippen LogP contribution in [0.2, 0.25) is 0 Å². The van der Waals surface area contributed by atoms with Crippen molar-refractivity contribution in [3.8, 4) is 0 Å². The summed E-state index contributed by atoms with van der Waals surface area (Å²) in [4.78, 5) is 13.4. The Morgan fingerprint density at radius 2 is 1.93 bits per heavy atom. The van der Waals surface area contributed by atoms with E-state index < -0.39 is 0 Å². The van der Waals surface area contributed by atoms with Crippen molar-refractivity contribution in [3.05, 3.63) is 0 Å². The molecule has 14 heavy (non-hydrogen) atoms. The molecule has 0 spiro atoms. The summed E-state index contributed by atoms with van der Waals surface area (Å²) < 4.78 is 0. The highest BCUT2D eigenvalue weighted by Gasteiger charge is 2.09. The zero-order chi connectivity index (χ0) is 11.0. The van der Waals surface area contributed by atoms with E-state index in [1.807, 2.05) is 11.9 Å². The van der Waals surface area contributed by atoms with Gasteiger partial charge in [-0.05, 0) is 18.8 Å². The molecule has 0 aliphatic carbocycles. The summed E-state index contributed by atoms with van der Waals surface area (Å²) in [5.74, 6) is 0.742. The first kappa shape index (κ1) is 13.9. The second-order valence-electron chi connectivity index (χ2n) is 4.16. The van der Waals surface area contributed by atoms with Gasteiger partial charge in [0.05, 0.1) is 0 Å². The maximum Gasteiger partial charge on any atom is 0.222 e. The highest BCUT2D eigenvalue weighted by Crippen LogP contribution is 2.05. The van der Waals surface area contributed by atoms with Crippen LogP contribution in [0.4, 0.5) is 0 Å². The molecule has 1 amide bonds. The molecule has 0 bridgehead atoms. The zero-order valence-corrected chi connectivity index (χ0v) is 11.1. The largest absolute Gasteiger partial charge is 0.346 e. The van der Waals surface area contributed by atoms with Crippen LogP contribution in [0, 0.1) is 5.92 Å². The van der Waals surface area contributed by atoms with Crippen LogP contribution in [0.1, 0.15) is 39.5 Å². The molecule has 0 saturated carbocycles. The molecule has 0 fully saturated rings. The van der Waals surface area contributed by atoms with Crippen LogP contribution in [-0.2, 0) is 4.79 Å². The van der Waals surface area contributed by atoms with Crippen molar-refractivity contribution in [1.29, 1.82) is 0 Å². The van der Waals surface area contributed by atoms with Gasteiger partial charge in [0.15, 0.2) is 0 Å². The summed E-state index contributed by atoms with van der Waals surface area (Å²) in [6.45, 7) is 5.06. The lowest BCUT2D eigenvalue weighted by molar-refractivity contribution is -0.130. The Balaban J connectivity index is 3.52. The van der Waals surface area contributed by atoms with Crippen LogP contribution < -0.4 is 0 Å². The Hall–Kier alpha value is -0.0500. The van der Waals surface area contributed by atoms with E-state index in [0.717, 1.165) is 18.3 Å². The Bertz CT molecular complexity index is 159. The Morgan fingerprint density at radius 3 is 2.43 bits per heavy atom. The quantitative estimate of drug-likeness (QED) is 0.511. The normalized spacial score (nSPS) is 10.6. The van der Waals surface area contributed by atoms with Crippen molar-refractivity contribution in [2.24, 2.45) is 5.92 Å². The van der Waals surface area contributed by atoms with E-state index in [-0.39, 0.29) is 5.91 Å². The molecule has 0 rings (SSSR count). The molecule has 0 unspecified atom stereocenters. The molecule has 2 nitrogen and oxygen atoms in total. The van der Waals surface area contributed by atoms with E-state index in [2.05, 4.69) is 29.8 Å². The lowest BCUT2D eigenvalue weighted by atomic mass is 10.1. The second-order valence-corrected chi connectivity index (χ2v) is 4.96. The number of amides is 1. The van der Waals surface area contributed by atoms with Gasteiger partial charge in [0.25, 0.3) is 0 Å². The maximum atomic E-state index is 11.5. The summed E-state index contributed by atoms with van der Waals surface area (Å²) in [5, 5.41) is 1.07. The molecule has 84 valence electrons. The first-order chi connectivity index (χ1) is 6.57. The molecule has 0 heterocycles. The fourth-order valence-electron chi connectivity index (χ4n) is 1.25. The topological polar surface area (TPSA) is 20.3 Å². The number of rotatable bonds is 7. The lowest BCUT2D eigenvalue weighted by Crippen LogP contribution is -2.28. The first-order valence-electron chi connectivity index (χ1n) is 5.37. The van der Waals surface area contributed by atoms with Gasteiger partial charge in [-0.3, -0.25) is 4.79 Å². The number of hydrogen-bond donors (Lipinski definition) is 0. The smallest absolute Gasteiger partial charge is 0.222 e. The van der Waals surface area contributed by atoms with E-state index in [1.165, 1.54) is 12.8 Å². The number of unbranched alkanes of at least 4 members (excludes halogenated alkanes) is 2. The van der Waals surface area contributed by atoms with Gasteiger partial charge in [0.2, 0.25) is 5.91 Å². The highest BCUT2D eigenvalue weighted by atomic mass is 79.9. The minimum atomic E-state index is 0.277. The minimum absolute atomic E-state index is 0.277. The monoisotopic (exact) mass is 263 g/mol.